The summed E-state index contributed by atoms with van der Waals surface area (Å²) in [6.07, 6.45) is 0.790. The summed E-state index contributed by atoms with van der Waals surface area (Å²) in [5, 5.41) is 0. The summed E-state index contributed by atoms with van der Waals surface area (Å²) in [5.41, 5.74) is 6.88. The number of imidazole rings is 1. The van der Waals surface area contributed by atoms with Gasteiger partial charge in [-0.15, -0.1) is 0 Å². The van der Waals surface area contributed by atoms with Crippen LogP contribution in [0.5, 0.6) is 0 Å². The number of Topliss-reactive ketones (excluding diaryl/α,β-unsaturated/α-hetero) is 1. The Bertz CT molecular complexity index is 992. The van der Waals surface area contributed by atoms with Crippen LogP contribution in [0.25, 0.3) is 22.6 Å². The first-order chi connectivity index (χ1) is 13.0. The molecule has 1 aliphatic rings. The number of fused-ring (bicyclic) bond motifs is 1. The summed E-state index contributed by atoms with van der Waals surface area (Å²) in [6.45, 7) is 9.91. The molecule has 1 aliphatic heterocycles. The summed E-state index contributed by atoms with van der Waals surface area (Å²) in [7, 11) is 2.17. The van der Waals surface area contributed by atoms with Crippen molar-refractivity contribution >= 4 is 22.5 Å². The molecule has 3 heterocycles. The molecule has 0 saturated carbocycles. The molecule has 0 radical (unpaired) electrons. The maximum absolute atomic E-state index is 12.0. The molecule has 6 nitrogen and oxygen atoms in total. The van der Waals surface area contributed by atoms with Gasteiger partial charge in [0.05, 0.1) is 16.7 Å². The van der Waals surface area contributed by atoms with E-state index in [2.05, 4.69) is 51.9 Å². The van der Waals surface area contributed by atoms with Crippen molar-refractivity contribution in [3.05, 3.63) is 35.0 Å². The van der Waals surface area contributed by atoms with E-state index >= 15 is 0 Å². The zero-order valence-electron chi connectivity index (χ0n) is 16.5. The molecule has 142 valence electrons. The number of carbonyl (C=O) groups is 1. The minimum atomic E-state index is 0.0975. The van der Waals surface area contributed by atoms with Crippen molar-refractivity contribution < 1.29 is 4.79 Å². The molecule has 0 bridgehead atoms. The first-order valence-electron chi connectivity index (χ1n) is 9.64. The van der Waals surface area contributed by atoms with Gasteiger partial charge in [-0.2, -0.15) is 0 Å². The number of aromatic nitrogens is 3. The lowest BCUT2D eigenvalue weighted by Crippen LogP contribution is -2.44. The first-order valence-corrected chi connectivity index (χ1v) is 9.64. The SMILES string of the molecule is CCc1c(-c2nc3ccc(N4CCN(C)CC4)cc3[nH]2)[nH]c(C)c1C(C)=O. The van der Waals surface area contributed by atoms with Crippen LogP contribution in [0, 0.1) is 6.92 Å². The third kappa shape index (κ3) is 3.14. The van der Waals surface area contributed by atoms with E-state index in [1.807, 2.05) is 6.92 Å². The number of ketones is 1. The highest BCUT2D eigenvalue weighted by Crippen LogP contribution is 2.30. The standard InChI is InChI=1S/C21H27N5O/c1-5-16-19(14(3)27)13(2)22-20(16)21-23-17-7-6-15(12-18(17)24-21)26-10-8-25(4)9-11-26/h6-7,12,22H,5,8-11H2,1-4H3,(H,23,24). The van der Waals surface area contributed by atoms with E-state index in [-0.39, 0.29) is 5.78 Å². The van der Waals surface area contributed by atoms with Crippen molar-refractivity contribution in [2.24, 2.45) is 0 Å². The van der Waals surface area contributed by atoms with Gasteiger partial charge in [-0.3, -0.25) is 4.79 Å². The largest absolute Gasteiger partial charge is 0.369 e. The normalized spacial score (nSPS) is 15.6. The lowest BCUT2D eigenvalue weighted by atomic mass is 10.0. The van der Waals surface area contributed by atoms with Gasteiger partial charge in [0, 0.05) is 43.1 Å². The first kappa shape index (κ1) is 17.8. The van der Waals surface area contributed by atoms with E-state index < -0.39 is 0 Å². The van der Waals surface area contributed by atoms with E-state index in [0.717, 1.165) is 72.0 Å². The summed E-state index contributed by atoms with van der Waals surface area (Å²) in [4.78, 5) is 28.4. The lowest BCUT2D eigenvalue weighted by Gasteiger charge is -2.34. The van der Waals surface area contributed by atoms with Crippen LogP contribution in [-0.4, -0.2) is 58.9 Å². The Morgan fingerprint density at radius 3 is 2.59 bits per heavy atom. The number of benzene rings is 1. The third-order valence-corrected chi connectivity index (χ3v) is 5.57. The maximum atomic E-state index is 12.0. The number of hydrogen-bond acceptors (Lipinski definition) is 4. The number of likely N-dealkylation sites (N-methyl/N-ethyl adjacent to an activating group) is 1. The highest BCUT2D eigenvalue weighted by Gasteiger charge is 2.21. The molecule has 2 aromatic heterocycles. The van der Waals surface area contributed by atoms with Crippen LogP contribution in [0.3, 0.4) is 0 Å². The molecule has 0 aliphatic carbocycles. The predicted molar refractivity (Wildman–Crippen MR) is 110 cm³/mol. The number of nitrogens with one attached hydrogen (secondary N) is 2. The number of anilines is 1. The monoisotopic (exact) mass is 365 g/mol. The highest BCUT2D eigenvalue weighted by atomic mass is 16.1. The van der Waals surface area contributed by atoms with Gasteiger partial charge >= 0.3 is 0 Å². The fourth-order valence-electron chi connectivity index (χ4n) is 4.09. The molecule has 2 N–H and O–H groups in total. The fourth-order valence-corrected chi connectivity index (χ4v) is 4.09. The Balaban J connectivity index is 1.72. The van der Waals surface area contributed by atoms with Crippen LogP contribution < -0.4 is 4.90 Å². The quantitative estimate of drug-likeness (QED) is 0.696. The van der Waals surface area contributed by atoms with Gasteiger partial charge in [0.2, 0.25) is 0 Å². The van der Waals surface area contributed by atoms with Gasteiger partial charge in [0.15, 0.2) is 11.6 Å². The molecule has 3 aromatic rings. The third-order valence-electron chi connectivity index (χ3n) is 5.57. The van der Waals surface area contributed by atoms with Crippen LogP contribution in [0.1, 0.15) is 35.5 Å². The van der Waals surface area contributed by atoms with Gasteiger partial charge in [-0.05, 0) is 51.1 Å². The average molecular weight is 365 g/mol. The molecular weight excluding hydrogens is 338 g/mol. The summed E-state index contributed by atoms with van der Waals surface area (Å²) >= 11 is 0. The Morgan fingerprint density at radius 1 is 1.19 bits per heavy atom. The molecule has 6 heteroatoms. The Hall–Kier alpha value is -2.60. The van der Waals surface area contributed by atoms with Gasteiger partial charge in [0.25, 0.3) is 0 Å². The van der Waals surface area contributed by atoms with E-state index in [9.17, 15) is 4.79 Å². The predicted octanol–water partition coefficient (Wildman–Crippen LogP) is 3.38. The molecule has 27 heavy (non-hydrogen) atoms. The molecule has 0 atom stereocenters. The summed E-state index contributed by atoms with van der Waals surface area (Å²) < 4.78 is 0. The molecule has 0 amide bonds. The van der Waals surface area contributed by atoms with Gasteiger partial charge in [-0.25, -0.2) is 4.98 Å². The van der Waals surface area contributed by atoms with Crippen molar-refractivity contribution in [2.45, 2.75) is 27.2 Å². The molecule has 0 unspecified atom stereocenters. The number of piperazine rings is 1. The summed E-state index contributed by atoms with van der Waals surface area (Å²) in [5.74, 6) is 0.897. The minimum absolute atomic E-state index is 0.0975. The van der Waals surface area contributed by atoms with Crippen LogP contribution in [0.4, 0.5) is 5.69 Å². The fraction of sp³-hybridized carbons (Fsp3) is 0.429. The average Bonchev–Trinajstić information content (AvgIpc) is 3.21. The molecule has 1 aromatic carbocycles. The second-order valence-corrected chi connectivity index (χ2v) is 7.47. The number of aromatic amines is 2. The van der Waals surface area contributed by atoms with E-state index in [4.69, 9.17) is 4.98 Å². The molecule has 0 spiro atoms. The topological polar surface area (TPSA) is 68.0 Å². The second kappa shape index (κ2) is 6.85. The van der Waals surface area contributed by atoms with Crippen LogP contribution in [0.2, 0.25) is 0 Å². The van der Waals surface area contributed by atoms with Crippen LogP contribution >= 0.6 is 0 Å². The van der Waals surface area contributed by atoms with Crippen LogP contribution in [-0.2, 0) is 6.42 Å². The van der Waals surface area contributed by atoms with Gasteiger partial charge < -0.3 is 19.8 Å². The Labute approximate surface area is 159 Å². The van der Waals surface area contributed by atoms with Crippen LogP contribution in [0.15, 0.2) is 18.2 Å². The molecule has 1 saturated heterocycles. The lowest BCUT2D eigenvalue weighted by molar-refractivity contribution is 0.101. The number of hydrogen-bond donors (Lipinski definition) is 2. The van der Waals surface area contributed by atoms with Gasteiger partial charge in [-0.1, -0.05) is 6.92 Å². The van der Waals surface area contributed by atoms with E-state index in [1.165, 1.54) is 5.69 Å². The number of nitrogens with zero attached hydrogens (tertiary/aromatic N) is 3. The number of aryl methyl sites for hydroxylation is 1. The van der Waals surface area contributed by atoms with Crippen molar-refractivity contribution in [3.8, 4) is 11.5 Å². The molecular formula is C21H27N5O. The number of carbonyl (C=O) groups excluding carboxylic acids is 1. The van der Waals surface area contributed by atoms with Crippen molar-refractivity contribution in [2.75, 3.05) is 38.1 Å². The van der Waals surface area contributed by atoms with Crippen molar-refractivity contribution in [1.82, 2.24) is 19.9 Å². The maximum Gasteiger partial charge on any atom is 0.161 e. The number of H-pyrrole nitrogens is 2. The zero-order valence-corrected chi connectivity index (χ0v) is 16.5. The van der Waals surface area contributed by atoms with Gasteiger partial charge in [0.1, 0.15) is 0 Å². The number of rotatable bonds is 4. The second-order valence-electron chi connectivity index (χ2n) is 7.47. The van der Waals surface area contributed by atoms with E-state index in [0.29, 0.717) is 0 Å². The minimum Gasteiger partial charge on any atom is -0.369 e. The van der Waals surface area contributed by atoms with E-state index in [1.54, 1.807) is 6.92 Å². The highest BCUT2D eigenvalue weighted by molar-refractivity contribution is 5.99. The van der Waals surface area contributed by atoms with Crippen molar-refractivity contribution in [1.29, 1.82) is 0 Å². The van der Waals surface area contributed by atoms with Crippen molar-refractivity contribution in [3.63, 3.8) is 0 Å². The zero-order chi connectivity index (χ0) is 19.1. The Morgan fingerprint density at radius 2 is 1.93 bits per heavy atom. The molecule has 4 rings (SSSR count). The Kier molecular flexibility index (Phi) is 4.52. The molecule has 1 fully saturated rings. The summed E-state index contributed by atoms with van der Waals surface area (Å²) in [6, 6.07) is 6.42. The smallest absolute Gasteiger partial charge is 0.161 e.